The minimum atomic E-state index is 0.178. The van der Waals surface area contributed by atoms with Crippen molar-refractivity contribution >= 4 is 5.91 Å². The van der Waals surface area contributed by atoms with Crippen LogP contribution in [0, 0.1) is 0 Å². The topological polar surface area (TPSA) is 41.1 Å². The van der Waals surface area contributed by atoms with E-state index in [-0.39, 0.29) is 5.91 Å². The van der Waals surface area contributed by atoms with Crippen molar-refractivity contribution in [2.24, 2.45) is 0 Å². The minimum absolute atomic E-state index is 0.178. The van der Waals surface area contributed by atoms with E-state index in [0.717, 1.165) is 6.54 Å². The van der Waals surface area contributed by atoms with Crippen molar-refractivity contribution in [3.8, 4) is 0 Å². The third-order valence-corrected chi connectivity index (χ3v) is 2.68. The van der Waals surface area contributed by atoms with E-state index >= 15 is 0 Å². The zero-order valence-corrected chi connectivity index (χ0v) is 7.75. The Morgan fingerprint density at radius 1 is 1.54 bits per heavy atom. The van der Waals surface area contributed by atoms with Gasteiger partial charge in [-0.3, -0.25) is 4.79 Å². The highest BCUT2D eigenvalue weighted by molar-refractivity contribution is 5.78. The first-order chi connectivity index (χ1) is 6.34. The molecule has 1 aliphatic carbocycles. The summed E-state index contributed by atoms with van der Waals surface area (Å²) in [6.45, 7) is 0.795. The maximum absolute atomic E-state index is 10.9. The van der Waals surface area contributed by atoms with Gasteiger partial charge in [0.15, 0.2) is 0 Å². The Hall–Kier alpha value is -0.830. The average molecular weight is 180 g/mol. The van der Waals surface area contributed by atoms with Gasteiger partial charge in [0.2, 0.25) is 5.91 Å². The molecule has 3 nitrogen and oxygen atoms in total. The van der Waals surface area contributed by atoms with Gasteiger partial charge in [0.05, 0.1) is 0 Å². The van der Waals surface area contributed by atoms with Crippen molar-refractivity contribution in [2.45, 2.75) is 37.8 Å². The Morgan fingerprint density at radius 2 is 2.46 bits per heavy atom. The summed E-state index contributed by atoms with van der Waals surface area (Å²) in [7, 11) is 0. The van der Waals surface area contributed by atoms with E-state index in [4.69, 9.17) is 0 Å². The summed E-state index contributed by atoms with van der Waals surface area (Å²) in [4.78, 5) is 10.9. The van der Waals surface area contributed by atoms with Gasteiger partial charge >= 0.3 is 0 Å². The van der Waals surface area contributed by atoms with Crippen LogP contribution in [0.4, 0.5) is 0 Å². The molecule has 1 aliphatic heterocycles. The predicted octanol–water partition coefficient (Wildman–Crippen LogP) is 0.573. The summed E-state index contributed by atoms with van der Waals surface area (Å²) in [5.74, 6) is 0.178. The van der Waals surface area contributed by atoms with E-state index in [0.29, 0.717) is 18.5 Å². The maximum Gasteiger partial charge on any atom is 0.221 e. The van der Waals surface area contributed by atoms with E-state index in [9.17, 15) is 4.79 Å². The van der Waals surface area contributed by atoms with Crippen LogP contribution in [0.15, 0.2) is 12.2 Å². The number of hydrogen-bond donors (Lipinski definition) is 2. The van der Waals surface area contributed by atoms with Gasteiger partial charge in [0.25, 0.3) is 0 Å². The molecule has 0 radical (unpaired) electrons. The molecular formula is C10H16N2O. The summed E-state index contributed by atoms with van der Waals surface area (Å²) < 4.78 is 0. The SMILES string of the molecule is O=C1CC(NC2C=CCCC2)CN1. The van der Waals surface area contributed by atoms with E-state index < -0.39 is 0 Å². The Morgan fingerprint density at radius 3 is 3.08 bits per heavy atom. The first-order valence-corrected chi connectivity index (χ1v) is 5.04. The summed E-state index contributed by atoms with van der Waals surface area (Å²) in [6, 6.07) is 0.840. The third kappa shape index (κ3) is 2.31. The summed E-state index contributed by atoms with van der Waals surface area (Å²) in [5.41, 5.74) is 0. The molecule has 3 heteroatoms. The van der Waals surface area contributed by atoms with Crippen LogP contribution in [0.5, 0.6) is 0 Å². The zero-order chi connectivity index (χ0) is 9.10. The molecule has 2 rings (SSSR count). The molecular weight excluding hydrogens is 164 g/mol. The van der Waals surface area contributed by atoms with E-state index in [1.165, 1.54) is 19.3 Å². The Kier molecular flexibility index (Phi) is 2.64. The second-order valence-corrected chi connectivity index (χ2v) is 3.84. The van der Waals surface area contributed by atoms with Gasteiger partial charge in [-0.2, -0.15) is 0 Å². The Labute approximate surface area is 78.6 Å². The van der Waals surface area contributed by atoms with Crippen molar-refractivity contribution in [3.05, 3.63) is 12.2 Å². The highest BCUT2D eigenvalue weighted by atomic mass is 16.1. The normalized spacial score (nSPS) is 33.4. The first-order valence-electron chi connectivity index (χ1n) is 5.04. The fourth-order valence-electron chi connectivity index (χ4n) is 1.98. The lowest BCUT2D eigenvalue weighted by molar-refractivity contribution is -0.119. The van der Waals surface area contributed by atoms with E-state index in [1.54, 1.807) is 0 Å². The predicted molar refractivity (Wildman–Crippen MR) is 51.3 cm³/mol. The van der Waals surface area contributed by atoms with Crippen molar-refractivity contribution in [3.63, 3.8) is 0 Å². The molecule has 0 aromatic carbocycles. The zero-order valence-electron chi connectivity index (χ0n) is 7.75. The molecule has 0 aromatic heterocycles. The van der Waals surface area contributed by atoms with Gasteiger partial charge in [-0.05, 0) is 19.3 Å². The fourth-order valence-corrected chi connectivity index (χ4v) is 1.98. The van der Waals surface area contributed by atoms with Crippen molar-refractivity contribution in [1.29, 1.82) is 0 Å². The second-order valence-electron chi connectivity index (χ2n) is 3.84. The van der Waals surface area contributed by atoms with Crippen LogP contribution >= 0.6 is 0 Å². The van der Waals surface area contributed by atoms with Crippen LogP contribution < -0.4 is 10.6 Å². The van der Waals surface area contributed by atoms with Crippen molar-refractivity contribution < 1.29 is 4.79 Å². The second kappa shape index (κ2) is 3.92. The van der Waals surface area contributed by atoms with Gasteiger partial charge in [-0.1, -0.05) is 12.2 Å². The molecule has 0 saturated carbocycles. The number of rotatable bonds is 2. The van der Waals surface area contributed by atoms with Gasteiger partial charge in [0, 0.05) is 25.0 Å². The monoisotopic (exact) mass is 180 g/mol. The highest BCUT2D eigenvalue weighted by Gasteiger charge is 2.23. The van der Waals surface area contributed by atoms with Gasteiger partial charge in [-0.25, -0.2) is 0 Å². The summed E-state index contributed by atoms with van der Waals surface area (Å²) in [6.07, 6.45) is 8.78. The lowest BCUT2D eigenvalue weighted by Crippen LogP contribution is -2.39. The van der Waals surface area contributed by atoms with Crippen LogP contribution in [0.1, 0.15) is 25.7 Å². The molecule has 72 valence electrons. The van der Waals surface area contributed by atoms with Crippen LogP contribution in [-0.4, -0.2) is 24.5 Å². The van der Waals surface area contributed by atoms with E-state index in [1.807, 2.05) is 0 Å². The quantitative estimate of drug-likeness (QED) is 0.610. The lowest BCUT2D eigenvalue weighted by Gasteiger charge is -2.21. The lowest BCUT2D eigenvalue weighted by atomic mass is 10.0. The van der Waals surface area contributed by atoms with Gasteiger partial charge in [0.1, 0.15) is 0 Å². The maximum atomic E-state index is 10.9. The number of hydrogen-bond acceptors (Lipinski definition) is 2. The number of nitrogens with one attached hydrogen (secondary N) is 2. The summed E-state index contributed by atoms with van der Waals surface area (Å²) >= 11 is 0. The fraction of sp³-hybridized carbons (Fsp3) is 0.700. The molecule has 2 unspecified atom stereocenters. The standard InChI is InChI=1S/C10H16N2O/c13-10-6-9(7-11-10)12-8-4-2-1-3-5-8/h2,4,8-9,12H,1,3,5-7H2,(H,11,13). The molecule has 2 atom stereocenters. The number of carbonyl (C=O) groups is 1. The van der Waals surface area contributed by atoms with Crippen LogP contribution in [0.3, 0.4) is 0 Å². The van der Waals surface area contributed by atoms with Crippen LogP contribution in [0.2, 0.25) is 0 Å². The summed E-state index contributed by atoms with van der Waals surface area (Å²) in [5, 5.41) is 6.31. The Bertz CT molecular complexity index is 225. The molecule has 1 saturated heterocycles. The minimum Gasteiger partial charge on any atom is -0.354 e. The van der Waals surface area contributed by atoms with Crippen molar-refractivity contribution in [2.75, 3.05) is 6.54 Å². The van der Waals surface area contributed by atoms with Gasteiger partial charge < -0.3 is 10.6 Å². The van der Waals surface area contributed by atoms with Crippen LogP contribution in [-0.2, 0) is 4.79 Å². The molecule has 1 amide bonds. The molecule has 1 heterocycles. The average Bonchev–Trinajstić information content (AvgIpc) is 2.53. The molecule has 0 aromatic rings. The molecule has 2 N–H and O–H groups in total. The molecule has 0 spiro atoms. The molecule has 2 aliphatic rings. The molecule has 1 fully saturated rings. The Balaban J connectivity index is 1.80. The largest absolute Gasteiger partial charge is 0.354 e. The first kappa shape index (κ1) is 8.75. The third-order valence-electron chi connectivity index (χ3n) is 2.68. The highest BCUT2D eigenvalue weighted by Crippen LogP contribution is 2.12. The number of carbonyl (C=O) groups excluding carboxylic acids is 1. The van der Waals surface area contributed by atoms with Crippen LogP contribution in [0.25, 0.3) is 0 Å². The van der Waals surface area contributed by atoms with E-state index in [2.05, 4.69) is 22.8 Å². The smallest absolute Gasteiger partial charge is 0.221 e. The molecule has 0 bridgehead atoms. The van der Waals surface area contributed by atoms with Crippen molar-refractivity contribution in [1.82, 2.24) is 10.6 Å². The molecule has 13 heavy (non-hydrogen) atoms. The van der Waals surface area contributed by atoms with Gasteiger partial charge in [-0.15, -0.1) is 0 Å². The number of amides is 1. The number of allylic oxidation sites excluding steroid dienone is 1.